The van der Waals surface area contributed by atoms with E-state index < -0.39 is 0 Å². The first kappa shape index (κ1) is 17.6. The largest absolute Gasteiger partial charge is 0.346 e. The Kier molecular flexibility index (Phi) is 3.61. The minimum atomic E-state index is -0.124. The van der Waals surface area contributed by atoms with E-state index in [0.717, 1.165) is 55.5 Å². The molecule has 7 nitrogen and oxygen atoms in total. The lowest BCUT2D eigenvalue weighted by atomic mass is 10.0. The van der Waals surface area contributed by atoms with Crippen molar-refractivity contribution in [3.8, 4) is 16.8 Å². The number of nitrogens with zero attached hydrogens (tertiary/aromatic N) is 5. The van der Waals surface area contributed by atoms with Crippen molar-refractivity contribution in [2.24, 2.45) is 7.05 Å². The zero-order valence-corrected chi connectivity index (χ0v) is 17.0. The van der Waals surface area contributed by atoms with Crippen LogP contribution in [0.4, 0.5) is 0 Å². The Labute approximate surface area is 176 Å². The van der Waals surface area contributed by atoms with E-state index in [4.69, 9.17) is 0 Å². The SMILES string of the molecule is Cc1ncccc1-n1c(=O)n(C)c2cnc3ccc(-c4cnc5[nH]ccc5c4)cc3c21. The average Bonchev–Trinajstić information content (AvgIpc) is 3.36. The Morgan fingerprint density at radius 1 is 0.968 bits per heavy atom. The van der Waals surface area contributed by atoms with Gasteiger partial charge in [-0.05, 0) is 48.9 Å². The molecular formula is C24H18N6O. The van der Waals surface area contributed by atoms with Gasteiger partial charge in [-0.25, -0.2) is 9.78 Å². The maximum Gasteiger partial charge on any atom is 0.333 e. The summed E-state index contributed by atoms with van der Waals surface area (Å²) in [5.41, 5.74) is 6.75. The van der Waals surface area contributed by atoms with Crippen LogP contribution in [0.1, 0.15) is 5.69 Å². The van der Waals surface area contributed by atoms with E-state index in [0.29, 0.717) is 0 Å². The molecule has 0 fully saturated rings. The topological polar surface area (TPSA) is 81.4 Å². The van der Waals surface area contributed by atoms with Gasteiger partial charge in [-0.2, -0.15) is 0 Å². The minimum absolute atomic E-state index is 0.124. The van der Waals surface area contributed by atoms with Gasteiger partial charge in [0.1, 0.15) is 5.65 Å². The summed E-state index contributed by atoms with van der Waals surface area (Å²) in [6, 6.07) is 14.0. The molecule has 0 spiro atoms. The average molecular weight is 406 g/mol. The molecule has 5 heterocycles. The molecule has 0 aliphatic heterocycles. The van der Waals surface area contributed by atoms with Crippen LogP contribution in [0.3, 0.4) is 0 Å². The highest BCUT2D eigenvalue weighted by molar-refractivity contribution is 6.04. The third-order valence-electron chi connectivity index (χ3n) is 5.84. The van der Waals surface area contributed by atoms with Crippen molar-refractivity contribution in [3.05, 3.63) is 83.4 Å². The summed E-state index contributed by atoms with van der Waals surface area (Å²) in [4.78, 5) is 29.8. The lowest BCUT2D eigenvalue weighted by Gasteiger charge is -2.09. The fourth-order valence-electron chi connectivity index (χ4n) is 4.21. The van der Waals surface area contributed by atoms with Crippen LogP contribution >= 0.6 is 0 Å². The zero-order valence-electron chi connectivity index (χ0n) is 17.0. The van der Waals surface area contributed by atoms with Gasteiger partial charge in [-0.1, -0.05) is 6.07 Å². The highest BCUT2D eigenvalue weighted by Crippen LogP contribution is 2.30. The molecule has 31 heavy (non-hydrogen) atoms. The first-order chi connectivity index (χ1) is 15.1. The summed E-state index contributed by atoms with van der Waals surface area (Å²) >= 11 is 0. The standard InChI is InChI=1S/C24H18N6O/c1-14-20(4-3-8-25-14)30-22-18-11-15(17-10-16-7-9-26-23(16)28-12-17)5-6-19(18)27-13-21(22)29(2)24(30)31/h3-13H,1-2H3,(H,26,28). The number of hydrogen-bond acceptors (Lipinski definition) is 4. The molecule has 0 aliphatic rings. The van der Waals surface area contributed by atoms with Crippen LogP contribution in [0.5, 0.6) is 0 Å². The Bertz CT molecular complexity index is 1690. The Balaban J connectivity index is 1.70. The molecule has 0 amide bonds. The molecule has 6 rings (SSSR count). The van der Waals surface area contributed by atoms with Crippen LogP contribution < -0.4 is 5.69 Å². The minimum Gasteiger partial charge on any atom is -0.346 e. The van der Waals surface area contributed by atoms with Crippen molar-refractivity contribution in [1.29, 1.82) is 0 Å². The van der Waals surface area contributed by atoms with Crippen molar-refractivity contribution in [2.45, 2.75) is 6.92 Å². The first-order valence-electron chi connectivity index (χ1n) is 9.97. The van der Waals surface area contributed by atoms with Gasteiger partial charge < -0.3 is 4.98 Å². The lowest BCUT2D eigenvalue weighted by molar-refractivity contribution is 0.840. The number of aromatic nitrogens is 6. The molecule has 0 bridgehead atoms. The molecule has 0 radical (unpaired) electrons. The van der Waals surface area contributed by atoms with Crippen LogP contribution in [-0.2, 0) is 7.05 Å². The summed E-state index contributed by atoms with van der Waals surface area (Å²) in [7, 11) is 1.77. The third-order valence-corrected chi connectivity index (χ3v) is 5.84. The fourth-order valence-corrected chi connectivity index (χ4v) is 4.21. The summed E-state index contributed by atoms with van der Waals surface area (Å²) in [6.45, 7) is 1.91. The van der Waals surface area contributed by atoms with Gasteiger partial charge in [0.2, 0.25) is 0 Å². The van der Waals surface area contributed by atoms with Gasteiger partial charge in [0, 0.05) is 42.0 Å². The molecule has 7 heteroatoms. The quantitative estimate of drug-likeness (QED) is 0.469. The van der Waals surface area contributed by atoms with Gasteiger partial charge in [0.15, 0.2) is 0 Å². The van der Waals surface area contributed by atoms with E-state index in [1.54, 1.807) is 28.6 Å². The smallest absolute Gasteiger partial charge is 0.333 e. The van der Waals surface area contributed by atoms with Crippen molar-refractivity contribution < 1.29 is 0 Å². The van der Waals surface area contributed by atoms with Crippen molar-refractivity contribution >= 4 is 33.0 Å². The van der Waals surface area contributed by atoms with E-state index in [1.165, 1.54) is 0 Å². The molecular weight excluding hydrogens is 388 g/mol. The summed E-state index contributed by atoms with van der Waals surface area (Å²) in [5.74, 6) is 0. The number of nitrogens with one attached hydrogen (secondary N) is 1. The molecule has 5 aromatic heterocycles. The molecule has 1 aromatic carbocycles. The molecule has 6 aromatic rings. The molecule has 150 valence electrons. The maximum atomic E-state index is 13.2. The lowest BCUT2D eigenvalue weighted by Crippen LogP contribution is -2.21. The van der Waals surface area contributed by atoms with E-state index in [9.17, 15) is 4.79 Å². The van der Waals surface area contributed by atoms with E-state index in [-0.39, 0.29) is 5.69 Å². The van der Waals surface area contributed by atoms with E-state index in [2.05, 4.69) is 32.1 Å². The number of fused-ring (bicyclic) bond motifs is 4. The number of aromatic amines is 1. The van der Waals surface area contributed by atoms with Crippen LogP contribution in [-0.4, -0.2) is 29.1 Å². The second kappa shape index (κ2) is 6.37. The molecule has 0 saturated carbocycles. The number of rotatable bonds is 2. The molecule has 0 aliphatic carbocycles. The summed E-state index contributed by atoms with van der Waals surface area (Å²) in [5, 5.41) is 1.96. The fraction of sp³-hybridized carbons (Fsp3) is 0.0833. The van der Waals surface area contributed by atoms with Gasteiger partial charge in [-0.3, -0.25) is 19.1 Å². The summed E-state index contributed by atoms with van der Waals surface area (Å²) in [6.07, 6.45) is 7.23. The molecule has 0 atom stereocenters. The Morgan fingerprint density at radius 3 is 2.74 bits per heavy atom. The van der Waals surface area contributed by atoms with Crippen LogP contribution in [0.25, 0.3) is 49.8 Å². The number of imidazole rings is 1. The van der Waals surface area contributed by atoms with Gasteiger partial charge in [-0.15, -0.1) is 0 Å². The first-order valence-corrected chi connectivity index (χ1v) is 9.97. The molecule has 1 N–H and O–H groups in total. The molecule has 0 unspecified atom stereocenters. The number of benzene rings is 1. The number of hydrogen-bond donors (Lipinski definition) is 1. The second-order valence-corrected chi connectivity index (χ2v) is 7.65. The number of pyridine rings is 3. The van der Waals surface area contributed by atoms with Gasteiger partial charge in [0.25, 0.3) is 0 Å². The normalized spacial score (nSPS) is 11.7. The van der Waals surface area contributed by atoms with Crippen LogP contribution in [0, 0.1) is 6.92 Å². The predicted octanol–water partition coefficient (Wildman–Crippen LogP) is 4.12. The molecule has 0 saturated heterocycles. The Morgan fingerprint density at radius 2 is 1.87 bits per heavy atom. The van der Waals surface area contributed by atoms with Gasteiger partial charge >= 0.3 is 5.69 Å². The van der Waals surface area contributed by atoms with E-state index in [1.807, 2.05) is 49.6 Å². The highest BCUT2D eigenvalue weighted by atomic mass is 16.1. The van der Waals surface area contributed by atoms with Gasteiger partial charge in [0.05, 0.1) is 34.1 Å². The highest BCUT2D eigenvalue weighted by Gasteiger charge is 2.18. The van der Waals surface area contributed by atoms with Crippen LogP contribution in [0.2, 0.25) is 0 Å². The zero-order chi connectivity index (χ0) is 21.1. The second-order valence-electron chi connectivity index (χ2n) is 7.65. The van der Waals surface area contributed by atoms with E-state index >= 15 is 0 Å². The van der Waals surface area contributed by atoms with Crippen LogP contribution in [0.15, 0.2) is 72.0 Å². The predicted molar refractivity (Wildman–Crippen MR) is 121 cm³/mol. The Hall–Kier alpha value is -4.26. The third kappa shape index (κ3) is 2.53. The van der Waals surface area contributed by atoms with Crippen molar-refractivity contribution in [1.82, 2.24) is 29.1 Å². The van der Waals surface area contributed by atoms with Crippen molar-refractivity contribution in [2.75, 3.05) is 0 Å². The summed E-state index contributed by atoms with van der Waals surface area (Å²) < 4.78 is 3.37. The number of aryl methyl sites for hydroxylation is 2. The number of H-pyrrole nitrogens is 1. The monoisotopic (exact) mass is 406 g/mol. The van der Waals surface area contributed by atoms with Crippen molar-refractivity contribution in [3.63, 3.8) is 0 Å². The maximum absolute atomic E-state index is 13.2.